The zero-order valence-corrected chi connectivity index (χ0v) is 11.7. The predicted octanol–water partition coefficient (Wildman–Crippen LogP) is 2.83. The first-order valence-electron chi connectivity index (χ1n) is 6.28. The Bertz CT molecular complexity index is 728. The average molecular weight is 299 g/mol. The van der Waals surface area contributed by atoms with Crippen molar-refractivity contribution in [2.75, 3.05) is 7.11 Å². The highest BCUT2D eigenvalue weighted by atomic mass is 16.6. The topological polar surface area (TPSA) is 100 Å². The van der Waals surface area contributed by atoms with Crippen molar-refractivity contribution in [1.29, 1.82) is 0 Å². The Morgan fingerprint density at radius 1 is 1.23 bits per heavy atom. The van der Waals surface area contributed by atoms with Gasteiger partial charge in [-0.05, 0) is 41.6 Å². The van der Waals surface area contributed by atoms with Crippen molar-refractivity contribution in [3.05, 3.63) is 58.5 Å². The molecule has 0 heterocycles. The van der Waals surface area contributed by atoms with E-state index >= 15 is 0 Å². The maximum Gasteiger partial charge on any atom is 0.274 e. The first-order chi connectivity index (χ1) is 10.6. The highest BCUT2D eigenvalue weighted by Gasteiger charge is 2.05. The highest BCUT2D eigenvalue weighted by molar-refractivity contribution is 5.94. The van der Waals surface area contributed by atoms with Gasteiger partial charge in [-0.3, -0.25) is 14.6 Å². The Kier molecular flexibility index (Phi) is 4.94. The zero-order chi connectivity index (χ0) is 15.9. The highest BCUT2D eigenvalue weighted by Crippen LogP contribution is 2.22. The van der Waals surface area contributed by atoms with Crippen molar-refractivity contribution >= 4 is 23.5 Å². The van der Waals surface area contributed by atoms with Crippen LogP contribution in [0.2, 0.25) is 0 Å². The molecule has 2 aromatic rings. The Morgan fingerprint density at radius 2 is 2.05 bits per heavy atom. The summed E-state index contributed by atoms with van der Waals surface area (Å²) in [6.07, 6.45) is 1.39. The maximum atomic E-state index is 11.6. The number of phenols is 1. The van der Waals surface area contributed by atoms with Gasteiger partial charge in [0, 0.05) is 17.3 Å². The molecule has 7 heteroatoms. The molecule has 0 fully saturated rings. The van der Waals surface area contributed by atoms with Crippen LogP contribution in [0.1, 0.15) is 15.9 Å². The molecule has 2 aromatic carbocycles. The van der Waals surface area contributed by atoms with E-state index in [2.05, 4.69) is 20.5 Å². The fraction of sp³-hybridized carbons (Fsp3) is 0.0667. The second-order valence-corrected chi connectivity index (χ2v) is 4.28. The number of benzene rings is 2. The lowest BCUT2D eigenvalue weighted by Crippen LogP contribution is -2.21. The molecule has 0 atom stereocenters. The molecule has 1 amide bonds. The number of carbonyl (C=O) groups is 1. The van der Waals surface area contributed by atoms with Crippen molar-refractivity contribution in [2.24, 2.45) is 10.2 Å². The molecule has 2 rings (SSSR count). The van der Waals surface area contributed by atoms with Gasteiger partial charge in [0.25, 0.3) is 5.91 Å². The minimum absolute atomic E-state index is 0.0237. The molecule has 112 valence electrons. The van der Waals surface area contributed by atoms with Crippen molar-refractivity contribution in [2.45, 2.75) is 0 Å². The van der Waals surface area contributed by atoms with Gasteiger partial charge in [-0.15, -0.1) is 4.91 Å². The molecule has 0 saturated heterocycles. The minimum atomic E-state index is -0.394. The molecule has 0 saturated carbocycles. The molecule has 0 radical (unpaired) electrons. The van der Waals surface area contributed by atoms with Gasteiger partial charge < -0.3 is 5.11 Å². The van der Waals surface area contributed by atoms with E-state index in [0.717, 1.165) is 0 Å². The van der Waals surface area contributed by atoms with Crippen molar-refractivity contribution < 1.29 is 14.7 Å². The van der Waals surface area contributed by atoms with Gasteiger partial charge in [-0.1, -0.05) is 6.07 Å². The van der Waals surface area contributed by atoms with E-state index in [9.17, 15) is 14.8 Å². The standard InChI is InChI=1S/C15H13N3O4/c1-22-18-15(20)10-3-2-4-12(7-10)16-9-11-8-13(17-21)5-6-14(11)19/h2-9,19H,1H3,(H,18,20). The number of nitrogens with one attached hydrogen (secondary N) is 1. The lowest BCUT2D eigenvalue weighted by molar-refractivity contribution is 0.0537. The number of hydrogen-bond acceptors (Lipinski definition) is 6. The number of aliphatic imine (C=N–C) groups is 1. The van der Waals surface area contributed by atoms with Crippen LogP contribution in [-0.4, -0.2) is 24.3 Å². The number of carbonyl (C=O) groups excluding carboxylic acids is 1. The van der Waals surface area contributed by atoms with Crippen LogP contribution >= 0.6 is 0 Å². The summed E-state index contributed by atoms with van der Waals surface area (Å²) < 4.78 is 0. The smallest absolute Gasteiger partial charge is 0.274 e. The van der Waals surface area contributed by atoms with Gasteiger partial charge in [0.2, 0.25) is 0 Å². The molecular weight excluding hydrogens is 286 g/mol. The second kappa shape index (κ2) is 7.09. The van der Waals surface area contributed by atoms with E-state index < -0.39 is 5.91 Å². The number of nitrogens with zero attached hydrogens (tertiary/aromatic N) is 2. The van der Waals surface area contributed by atoms with E-state index in [1.54, 1.807) is 24.3 Å². The predicted molar refractivity (Wildman–Crippen MR) is 81.7 cm³/mol. The molecular formula is C15H13N3O4. The van der Waals surface area contributed by atoms with Crippen LogP contribution < -0.4 is 5.48 Å². The Hall–Kier alpha value is -3.06. The fourth-order valence-electron chi connectivity index (χ4n) is 1.73. The summed E-state index contributed by atoms with van der Waals surface area (Å²) in [5, 5.41) is 12.5. The lowest BCUT2D eigenvalue weighted by atomic mass is 10.2. The third-order valence-electron chi connectivity index (χ3n) is 2.77. The van der Waals surface area contributed by atoms with Crippen LogP contribution in [0.4, 0.5) is 11.4 Å². The van der Waals surface area contributed by atoms with Crippen LogP contribution in [0.15, 0.2) is 52.6 Å². The quantitative estimate of drug-likeness (QED) is 0.503. The van der Waals surface area contributed by atoms with Gasteiger partial charge in [0.15, 0.2) is 0 Å². The zero-order valence-electron chi connectivity index (χ0n) is 11.7. The summed E-state index contributed by atoms with van der Waals surface area (Å²) in [6.45, 7) is 0. The normalized spacial score (nSPS) is 10.6. The monoisotopic (exact) mass is 299 g/mol. The van der Waals surface area contributed by atoms with Crippen LogP contribution in [0.3, 0.4) is 0 Å². The molecule has 0 aromatic heterocycles. The Morgan fingerprint density at radius 3 is 2.77 bits per heavy atom. The summed E-state index contributed by atoms with van der Waals surface area (Å²) in [5.74, 6) is -0.418. The summed E-state index contributed by atoms with van der Waals surface area (Å²) in [5.41, 5.74) is 3.63. The minimum Gasteiger partial charge on any atom is -0.507 e. The molecule has 0 spiro atoms. The molecule has 7 nitrogen and oxygen atoms in total. The van der Waals surface area contributed by atoms with Gasteiger partial charge in [0.05, 0.1) is 12.8 Å². The molecule has 0 bridgehead atoms. The van der Waals surface area contributed by atoms with E-state index in [1.807, 2.05) is 0 Å². The van der Waals surface area contributed by atoms with E-state index in [-0.39, 0.29) is 11.4 Å². The van der Waals surface area contributed by atoms with Crippen molar-refractivity contribution in [3.8, 4) is 5.75 Å². The first-order valence-corrected chi connectivity index (χ1v) is 6.28. The van der Waals surface area contributed by atoms with E-state index in [0.29, 0.717) is 16.8 Å². The molecule has 0 aliphatic carbocycles. The third-order valence-corrected chi connectivity index (χ3v) is 2.77. The number of phenolic OH excluding ortho intramolecular Hbond substituents is 1. The molecule has 22 heavy (non-hydrogen) atoms. The maximum absolute atomic E-state index is 11.6. The van der Waals surface area contributed by atoms with Crippen molar-refractivity contribution in [3.63, 3.8) is 0 Å². The van der Waals surface area contributed by atoms with E-state index in [1.165, 1.54) is 31.5 Å². The Balaban J connectivity index is 2.25. The summed E-state index contributed by atoms with van der Waals surface area (Å²) in [6, 6.07) is 10.7. The Labute approximate surface area is 126 Å². The van der Waals surface area contributed by atoms with Crippen LogP contribution in [0.25, 0.3) is 0 Å². The number of rotatable bonds is 5. The molecule has 0 aliphatic rings. The van der Waals surface area contributed by atoms with Crippen LogP contribution in [-0.2, 0) is 4.84 Å². The number of nitroso groups, excluding NO2 is 1. The lowest BCUT2D eigenvalue weighted by Gasteiger charge is -2.03. The summed E-state index contributed by atoms with van der Waals surface area (Å²) >= 11 is 0. The SMILES string of the molecule is CONC(=O)c1cccc(N=Cc2cc(N=O)ccc2O)c1. The largest absolute Gasteiger partial charge is 0.507 e. The van der Waals surface area contributed by atoms with Crippen LogP contribution in [0.5, 0.6) is 5.75 Å². The molecule has 0 aliphatic heterocycles. The summed E-state index contributed by atoms with van der Waals surface area (Å²) in [4.78, 5) is 30.9. The van der Waals surface area contributed by atoms with Crippen LogP contribution in [0, 0.1) is 4.91 Å². The first kappa shape index (κ1) is 15.3. The second-order valence-electron chi connectivity index (χ2n) is 4.28. The number of hydroxylamine groups is 1. The van der Waals surface area contributed by atoms with E-state index in [4.69, 9.17) is 0 Å². The number of hydrogen-bond donors (Lipinski definition) is 2. The third kappa shape index (κ3) is 3.74. The van der Waals surface area contributed by atoms with Gasteiger partial charge >= 0.3 is 0 Å². The summed E-state index contributed by atoms with van der Waals surface area (Å²) in [7, 11) is 1.34. The molecule has 2 N–H and O–H groups in total. The molecule has 0 unspecified atom stereocenters. The van der Waals surface area contributed by atoms with Gasteiger partial charge in [-0.2, -0.15) is 0 Å². The number of aromatic hydroxyl groups is 1. The van der Waals surface area contributed by atoms with Gasteiger partial charge in [-0.25, -0.2) is 5.48 Å². The van der Waals surface area contributed by atoms with Gasteiger partial charge in [0.1, 0.15) is 11.4 Å². The number of amides is 1. The average Bonchev–Trinajstić information content (AvgIpc) is 2.54. The fourth-order valence-corrected chi connectivity index (χ4v) is 1.73. The van der Waals surface area contributed by atoms with Crippen molar-refractivity contribution in [1.82, 2.24) is 5.48 Å².